The van der Waals surface area contributed by atoms with Crippen LogP contribution in [-0.2, 0) is 9.59 Å². The number of likely N-dealkylation sites (tertiary alicyclic amines) is 1. The minimum absolute atomic E-state index is 0.0126. The molecule has 2 unspecified atom stereocenters. The van der Waals surface area contributed by atoms with Crippen LogP contribution in [0.3, 0.4) is 0 Å². The van der Waals surface area contributed by atoms with Crippen molar-refractivity contribution in [2.75, 3.05) is 19.8 Å². The van der Waals surface area contributed by atoms with Crippen molar-refractivity contribution in [1.29, 1.82) is 0 Å². The van der Waals surface area contributed by atoms with Crippen molar-refractivity contribution in [3.05, 3.63) is 47.3 Å². The first-order valence-corrected chi connectivity index (χ1v) is 12.9. The molecule has 0 aromatic heterocycles. The molecular formula is C28H38F2N2O3. The summed E-state index contributed by atoms with van der Waals surface area (Å²) in [6.07, 6.45) is 6.30. The van der Waals surface area contributed by atoms with Crippen molar-refractivity contribution in [2.45, 2.75) is 77.2 Å². The van der Waals surface area contributed by atoms with E-state index < -0.39 is 24.4 Å². The van der Waals surface area contributed by atoms with Gasteiger partial charge in [-0.15, -0.1) is 0 Å². The van der Waals surface area contributed by atoms with Crippen molar-refractivity contribution >= 4 is 17.6 Å². The van der Waals surface area contributed by atoms with E-state index in [4.69, 9.17) is 0 Å². The smallest absolute Gasteiger partial charge is 0.254 e. The van der Waals surface area contributed by atoms with Gasteiger partial charge in [0.2, 0.25) is 5.91 Å². The van der Waals surface area contributed by atoms with Crippen LogP contribution in [0.4, 0.5) is 8.78 Å². The summed E-state index contributed by atoms with van der Waals surface area (Å²) in [5.41, 5.74) is 0.520. The van der Waals surface area contributed by atoms with Crippen LogP contribution in [0.2, 0.25) is 0 Å². The molecule has 1 aromatic rings. The van der Waals surface area contributed by atoms with Gasteiger partial charge in [-0.2, -0.15) is 0 Å². The monoisotopic (exact) mass is 488 g/mol. The SMILES string of the molecule is C=C(CCF)C(=O)N1CCCC(c2cccc(C(=O)NC(C(=O)C(C)C)C3CCCCC3)c2F)C1. The summed E-state index contributed by atoms with van der Waals surface area (Å²) < 4.78 is 28.3. The topological polar surface area (TPSA) is 66.5 Å². The van der Waals surface area contributed by atoms with Crippen LogP contribution >= 0.6 is 0 Å². The Balaban J connectivity index is 1.78. The molecule has 1 saturated carbocycles. The lowest BCUT2D eigenvalue weighted by Crippen LogP contribution is -2.48. The van der Waals surface area contributed by atoms with E-state index in [2.05, 4.69) is 11.9 Å². The van der Waals surface area contributed by atoms with Gasteiger partial charge >= 0.3 is 0 Å². The van der Waals surface area contributed by atoms with Gasteiger partial charge in [-0.1, -0.05) is 51.8 Å². The minimum atomic E-state index is -0.644. The number of rotatable bonds is 9. The zero-order valence-electron chi connectivity index (χ0n) is 21.0. The first-order valence-electron chi connectivity index (χ1n) is 12.9. The van der Waals surface area contributed by atoms with Crippen LogP contribution in [0.15, 0.2) is 30.4 Å². The van der Waals surface area contributed by atoms with Gasteiger partial charge in [0.25, 0.3) is 5.91 Å². The Bertz CT molecular complexity index is 940. The third-order valence-corrected chi connectivity index (χ3v) is 7.40. The Kier molecular flexibility index (Phi) is 9.58. The predicted octanol–water partition coefficient (Wildman–Crippen LogP) is 5.35. The van der Waals surface area contributed by atoms with E-state index in [1.165, 1.54) is 6.07 Å². The van der Waals surface area contributed by atoms with Gasteiger partial charge < -0.3 is 10.2 Å². The number of hydrogen-bond acceptors (Lipinski definition) is 3. The number of carbonyl (C=O) groups excluding carboxylic acids is 3. The van der Waals surface area contributed by atoms with Crippen molar-refractivity contribution in [3.63, 3.8) is 0 Å². The first kappa shape index (κ1) is 27.0. The standard InChI is InChI=1S/C28H38F2N2O3/c1-18(2)26(33)25(20-9-5-4-6-10-20)31-27(34)23-13-7-12-22(24(23)30)21-11-8-16-32(17-21)28(35)19(3)14-15-29/h7,12-13,18,20-21,25H,3-6,8-11,14-17H2,1-2H3,(H,31,34). The van der Waals surface area contributed by atoms with Gasteiger partial charge in [-0.3, -0.25) is 18.8 Å². The molecule has 2 atom stereocenters. The highest BCUT2D eigenvalue weighted by Gasteiger charge is 2.34. The summed E-state index contributed by atoms with van der Waals surface area (Å²) >= 11 is 0. The molecule has 2 aliphatic rings. The zero-order chi connectivity index (χ0) is 25.5. The summed E-state index contributed by atoms with van der Waals surface area (Å²) in [4.78, 5) is 40.3. The van der Waals surface area contributed by atoms with Crippen molar-refractivity contribution in [2.24, 2.45) is 11.8 Å². The lowest BCUT2D eigenvalue weighted by Gasteiger charge is -2.34. The Morgan fingerprint density at radius 3 is 2.49 bits per heavy atom. The average Bonchev–Trinajstić information content (AvgIpc) is 2.87. The van der Waals surface area contributed by atoms with Crippen LogP contribution in [0, 0.1) is 17.7 Å². The molecular weight excluding hydrogens is 450 g/mol. The molecule has 35 heavy (non-hydrogen) atoms. The molecule has 1 heterocycles. The number of alkyl halides is 1. The highest BCUT2D eigenvalue weighted by molar-refractivity contribution is 5.99. The number of piperidine rings is 1. The lowest BCUT2D eigenvalue weighted by atomic mass is 9.80. The molecule has 1 N–H and O–H groups in total. The molecule has 1 aromatic carbocycles. The molecule has 1 aliphatic carbocycles. The zero-order valence-corrected chi connectivity index (χ0v) is 21.0. The van der Waals surface area contributed by atoms with Gasteiger partial charge in [-0.25, -0.2) is 4.39 Å². The Morgan fingerprint density at radius 1 is 1.11 bits per heavy atom. The summed E-state index contributed by atoms with van der Waals surface area (Å²) in [6.45, 7) is 7.49. The predicted molar refractivity (Wildman–Crippen MR) is 132 cm³/mol. The Labute approximate surface area is 207 Å². The van der Waals surface area contributed by atoms with Crippen LogP contribution < -0.4 is 5.32 Å². The Hall–Kier alpha value is -2.57. The second kappa shape index (κ2) is 12.4. The van der Waals surface area contributed by atoms with Gasteiger partial charge in [0.1, 0.15) is 5.82 Å². The van der Waals surface area contributed by atoms with E-state index in [1.807, 2.05) is 13.8 Å². The van der Waals surface area contributed by atoms with Crippen LogP contribution in [-0.4, -0.2) is 48.3 Å². The first-order chi connectivity index (χ1) is 16.7. The highest BCUT2D eigenvalue weighted by Crippen LogP contribution is 2.32. The summed E-state index contributed by atoms with van der Waals surface area (Å²) in [5.74, 6) is -1.92. The number of Topliss-reactive ketones (excluding diaryl/α,β-unsaturated/α-hetero) is 1. The highest BCUT2D eigenvalue weighted by atomic mass is 19.1. The van der Waals surface area contributed by atoms with E-state index >= 15 is 4.39 Å². The summed E-state index contributed by atoms with van der Waals surface area (Å²) in [6, 6.07) is 4.13. The third-order valence-electron chi connectivity index (χ3n) is 7.40. The van der Waals surface area contributed by atoms with Crippen molar-refractivity contribution in [3.8, 4) is 0 Å². The van der Waals surface area contributed by atoms with Crippen LogP contribution in [0.5, 0.6) is 0 Å². The van der Waals surface area contributed by atoms with Crippen LogP contribution in [0.1, 0.15) is 87.1 Å². The van der Waals surface area contributed by atoms with Crippen molar-refractivity contribution in [1.82, 2.24) is 10.2 Å². The fourth-order valence-corrected chi connectivity index (χ4v) is 5.37. The molecule has 5 nitrogen and oxygen atoms in total. The molecule has 3 rings (SSSR count). The number of ketones is 1. The lowest BCUT2D eigenvalue weighted by molar-refractivity contribution is -0.128. The number of carbonyl (C=O) groups is 3. The van der Waals surface area contributed by atoms with E-state index in [-0.39, 0.29) is 47.0 Å². The van der Waals surface area contributed by atoms with Gasteiger partial charge in [0.05, 0.1) is 18.3 Å². The maximum atomic E-state index is 15.7. The number of amides is 2. The van der Waals surface area contributed by atoms with E-state index in [1.54, 1.807) is 17.0 Å². The maximum absolute atomic E-state index is 15.7. The number of hydrogen-bond donors (Lipinski definition) is 1. The van der Waals surface area contributed by atoms with Gasteiger partial charge in [0.15, 0.2) is 5.78 Å². The molecule has 1 saturated heterocycles. The van der Waals surface area contributed by atoms with Crippen LogP contribution in [0.25, 0.3) is 0 Å². The number of nitrogens with one attached hydrogen (secondary N) is 1. The average molecular weight is 489 g/mol. The molecule has 1 aliphatic heterocycles. The third kappa shape index (κ3) is 6.56. The van der Waals surface area contributed by atoms with Gasteiger partial charge in [0, 0.05) is 36.9 Å². The second-order valence-electron chi connectivity index (χ2n) is 10.2. The molecule has 2 amide bonds. The molecule has 0 radical (unpaired) electrons. The molecule has 7 heteroatoms. The molecule has 0 bridgehead atoms. The molecule has 0 spiro atoms. The maximum Gasteiger partial charge on any atom is 0.254 e. The van der Waals surface area contributed by atoms with E-state index in [9.17, 15) is 18.8 Å². The normalized spacial score (nSPS) is 19.9. The van der Waals surface area contributed by atoms with E-state index in [0.29, 0.717) is 31.5 Å². The molecule has 192 valence electrons. The number of nitrogens with zero attached hydrogens (tertiary/aromatic N) is 1. The number of benzene rings is 1. The largest absolute Gasteiger partial charge is 0.342 e. The minimum Gasteiger partial charge on any atom is -0.342 e. The number of halogens is 2. The Morgan fingerprint density at radius 2 is 1.83 bits per heavy atom. The fourth-order valence-electron chi connectivity index (χ4n) is 5.37. The molecule has 2 fully saturated rings. The van der Waals surface area contributed by atoms with E-state index in [0.717, 1.165) is 32.1 Å². The second-order valence-corrected chi connectivity index (χ2v) is 10.2. The summed E-state index contributed by atoms with van der Waals surface area (Å²) in [7, 11) is 0. The summed E-state index contributed by atoms with van der Waals surface area (Å²) in [5, 5.41) is 2.87. The quantitative estimate of drug-likeness (QED) is 0.477. The van der Waals surface area contributed by atoms with Crippen molar-refractivity contribution < 1.29 is 23.2 Å². The van der Waals surface area contributed by atoms with Gasteiger partial charge in [-0.05, 0) is 43.2 Å². The fraction of sp³-hybridized carbons (Fsp3) is 0.607.